The zero-order valence-corrected chi connectivity index (χ0v) is 20.1. The molecule has 35 heavy (non-hydrogen) atoms. The first-order valence-electron chi connectivity index (χ1n) is 11.4. The van der Waals surface area contributed by atoms with Gasteiger partial charge in [0.2, 0.25) is 5.95 Å². The number of amides is 1. The molecule has 0 aliphatic carbocycles. The third-order valence-electron chi connectivity index (χ3n) is 5.53. The summed E-state index contributed by atoms with van der Waals surface area (Å²) in [6, 6.07) is 13.0. The van der Waals surface area contributed by atoms with Crippen LogP contribution in [0.4, 0.5) is 11.6 Å². The minimum atomic E-state index is -0.517. The van der Waals surface area contributed by atoms with Crippen LogP contribution < -0.4 is 10.2 Å². The van der Waals surface area contributed by atoms with E-state index in [0.29, 0.717) is 42.4 Å². The van der Waals surface area contributed by atoms with Gasteiger partial charge in [0.15, 0.2) is 6.61 Å². The highest BCUT2D eigenvalue weighted by molar-refractivity contribution is 7.18. The third kappa shape index (κ3) is 6.21. The molecule has 0 unspecified atom stereocenters. The second-order valence-electron chi connectivity index (χ2n) is 7.91. The summed E-state index contributed by atoms with van der Waals surface area (Å²) in [5.74, 6) is -1.09. The number of piperidine rings is 1. The van der Waals surface area contributed by atoms with Crippen LogP contribution in [0.3, 0.4) is 0 Å². The molecule has 2 aromatic heterocycles. The molecule has 1 aromatic carbocycles. The van der Waals surface area contributed by atoms with Crippen LogP contribution in [0.25, 0.3) is 10.4 Å². The average Bonchev–Trinajstić information content (AvgIpc) is 3.32. The number of esters is 2. The number of carbonyl (C=O) groups is 3. The molecule has 1 fully saturated rings. The van der Waals surface area contributed by atoms with Crippen molar-refractivity contribution in [1.82, 2.24) is 9.97 Å². The van der Waals surface area contributed by atoms with Crippen LogP contribution in [0.1, 0.15) is 29.4 Å². The maximum Gasteiger partial charge on any atom is 0.350 e. The third-order valence-corrected chi connectivity index (χ3v) is 6.70. The summed E-state index contributed by atoms with van der Waals surface area (Å²) in [5.41, 5.74) is 1.26. The van der Waals surface area contributed by atoms with Crippen LogP contribution in [0.5, 0.6) is 0 Å². The number of carbonyl (C=O) groups excluding carboxylic acids is 3. The number of hydrogen-bond donors (Lipinski definition) is 1. The Morgan fingerprint density at radius 1 is 1.06 bits per heavy atom. The Balaban J connectivity index is 1.33. The molecular formula is C25H26N4O5S. The van der Waals surface area contributed by atoms with E-state index in [1.54, 1.807) is 31.5 Å². The quantitative estimate of drug-likeness (QED) is 0.471. The van der Waals surface area contributed by atoms with Gasteiger partial charge in [0.25, 0.3) is 5.91 Å². The lowest BCUT2D eigenvalue weighted by molar-refractivity contribution is -0.152. The van der Waals surface area contributed by atoms with Gasteiger partial charge in [0.1, 0.15) is 4.88 Å². The van der Waals surface area contributed by atoms with Crippen molar-refractivity contribution in [2.75, 3.05) is 36.5 Å². The average molecular weight is 495 g/mol. The van der Waals surface area contributed by atoms with E-state index in [4.69, 9.17) is 9.47 Å². The second kappa shape index (κ2) is 11.6. The van der Waals surface area contributed by atoms with Crippen molar-refractivity contribution >= 4 is 40.8 Å². The smallest absolute Gasteiger partial charge is 0.350 e. The van der Waals surface area contributed by atoms with Crippen LogP contribution >= 0.6 is 11.3 Å². The topological polar surface area (TPSA) is 111 Å². The molecule has 0 atom stereocenters. The zero-order chi connectivity index (χ0) is 24.6. The molecule has 182 valence electrons. The Morgan fingerprint density at radius 3 is 2.46 bits per heavy atom. The van der Waals surface area contributed by atoms with E-state index in [-0.39, 0.29) is 12.5 Å². The van der Waals surface area contributed by atoms with E-state index >= 15 is 0 Å². The van der Waals surface area contributed by atoms with E-state index in [2.05, 4.69) is 15.3 Å². The van der Waals surface area contributed by atoms with Gasteiger partial charge >= 0.3 is 11.9 Å². The standard InChI is InChI=1S/C25H26N4O5S/c1-2-33-24(32)22-19(15-20(35-22)17-7-4-3-5-8-17)28-21(30)16-34-23(31)18-9-13-29(14-10-18)25-26-11-6-12-27-25/h3-8,11-12,15,18H,2,9-10,13-14,16H2,1H3,(H,28,30). The van der Waals surface area contributed by atoms with E-state index in [9.17, 15) is 14.4 Å². The fourth-order valence-electron chi connectivity index (χ4n) is 3.79. The number of thiophene rings is 1. The summed E-state index contributed by atoms with van der Waals surface area (Å²) in [4.78, 5) is 49.1. The molecule has 4 rings (SSSR count). The van der Waals surface area contributed by atoms with Crippen LogP contribution in [0, 0.1) is 5.92 Å². The summed E-state index contributed by atoms with van der Waals surface area (Å²) in [6.45, 7) is 2.78. The molecule has 0 radical (unpaired) electrons. The lowest BCUT2D eigenvalue weighted by Crippen LogP contribution is -2.38. The number of nitrogens with one attached hydrogen (secondary N) is 1. The second-order valence-corrected chi connectivity index (χ2v) is 8.96. The lowest BCUT2D eigenvalue weighted by Gasteiger charge is -2.30. The van der Waals surface area contributed by atoms with Crippen molar-refractivity contribution in [3.63, 3.8) is 0 Å². The molecule has 0 saturated carbocycles. The molecular weight excluding hydrogens is 468 g/mol. The zero-order valence-electron chi connectivity index (χ0n) is 19.3. The Bertz CT molecular complexity index is 1160. The molecule has 1 aliphatic rings. The Hall–Kier alpha value is -3.79. The van der Waals surface area contributed by atoms with Gasteiger partial charge in [-0.15, -0.1) is 11.3 Å². The van der Waals surface area contributed by atoms with Gasteiger partial charge in [0.05, 0.1) is 18.2 Å². The molecule has 9 nitrogen and oxygen atoms in total. The first-order chi connectivity index (χ1) is 17.0. The number of rotatable bonds is 8. The highest BCUT2D eigenvalue weighted by Gasteiger charge is 2.28. The summed E-state index contributed by atoms with van der Waals surface area (Å²) in [7, 11) is 0. The van der Waals surface area contributed by atoms with Crippen LogP contribution in [-0.2, 0) is 19.1 Å². The lowest BCUT2D eigenvalue weighted by atomic mass is 9.97. The Morgan fingerprint density at radius 2 is 1.77 bits per heavy atom. The predicted molar refractivity (Wildman–Crippen MR) is 132 cm³/mol. The normalized spacial score (nSPS) is 13.8. The fraction of sp³-hybridized carbons (Fsp3) is 0.320. The van der Waals surface area contributed by atoms with Gasteiger partial charge in [-0.05, 0) is 37.5 Å². The van der Waals surface area contributed by atoms with Crippen molar-refractivity contribution < 1.29 is 23.9 Å². The summed E-state index contributed by atoms with van der Waals surface area (Å²) in [6.07, 6.45) is 4.56. The highest BCUT2D eigenvalue weighted by atomic mass is 32.1. The fourth-order valence-corrected chi connectivity index (χ4v) is 4.80. The van der Waals surface area contributed by atoms with Crippen LogP contribution in [0.2, 0.25) is 0 Å². The molecule has 0 spiro atoms. The van der Waals surface area contributed by atoms with Gasteiger partial charge in [-0.1, -0.05) is 30.3 Å². The Labute approximate surface area is 207 Å². The van der Waals surface area contributed by atoms with Crippen LogP contribution in [-0.4, -0.2) is 54.1 Å². The number of hydrogen-bond acceptors (Lipinski definition) is 9. The van der Waals surface area contributed by atoms with Crippen LogP contribution in [0.15, 0.2) is 54.9 Å². The molecule has 10 heteroatoms. The first kappa shape index (κ1) is 24.3. The van der Waals surface area contributed by atoms with E-state index in [0.717, 1.165) is 10.4 Å². The molecule has 3 heterocycles. The largest absolute Gasteiger partial charge is 0.462 e. The molecule has 1 aliphatic heterocycles. The number of benzene rings is 1. The van der Waals surface area contributed by atoms with Crippen molar-refractivity contribution in [3.05, 3.63) is 59.7 Å². The van der Waals surface area contributed by atoms with Crippen molar-refractivity contribution in [2.45, 2.75) is 19.8 Å². The number of anilines is 2. The van der Waals surface area contributed by atoms with Gasteiger partial charge < -0.3 is 19.7 Å². The van der Waals surface area contributed by atoms with Gasteiger partial charge in [0, 0.05) is 30.4 Å². The first-order valence-corrected chi connectivity index (χ1v) is 12.2. The summed E-state index contributed by atoms with van der Waals surface area (Å²) >= 11 is 1.24. The van der Waals surface area contributed by atoms with Crippen molar-refractivity contribution in [1.29, 1.82) is 0 Å². The minimum Gasteiger partial charge on any atom is -0.462 e. The molecule has 1 saturated heterocycles. The predicted octanol–water partition coefficient (Wildman–Crippen LogP) is 3.78. The minimum absolute atomic E-state index is 0.220. The number of aromatic nitrogens is 2. The SMILES string of the molecule is CCOC(=O)c1sc(-c2ccccc2)cc1NC(=O)COC(=O)C1CCN(c2ncccn2)CC1. The maximum absolute atomic E-state index is 12.6. The molecule has 3 aromatic rings. The maximum atomic E-state index is 12.6. The monoisotopic (exact) mass is 494 g/mol. The summed E-state index contributed by atoms with van der Waals surface area (Å²) < 4.78 is 10.4. The number of ether oxygens (including phenoxy) is 2. The van der Waals surface area contributed by atoms with E-state index in [1.165, 1.54) is 11.3 Å². The van der Waals surface area contributed by atoms with Gasteiger partial charge in [-0.25, -0.2) is 14.8 Å². The number of nitrogens with zero attached hydrogens (tertiary/aromatic N) is 3. The molecule has 1 amide bonds. The van der Waals surface area contributed by atoms with Gasteiger partial charge in [-0.2, -0.15) is 0 Å². The molecule has 1 N–H and O–H groups in total. The van der Waals surface area contributed by atoms with Crippen molar-refractivity contribution in [2.24, 2.45) is 5.92 Å². The van der Waals surface area contributed by atoms with Gasteiger partial charge in [-0.3, -0.25) is 9.59 Å². The molecule has 0 bridgehead atoms. The van der Waals surface area contributed by atoms with E-state index in [1.807, 2.05) is 35.2 Å². The summed E-state index contributed by atoms with van der Waals surface area (Å²) in [5, 5.41) is 2.70. The highest BCUT2D eigenvalue weighted by Crippen LogP contribution is 2.35. The van der Waals surface area contributed by atoms with E-state index < -0.39 is 24.5 Å². The van der Waals surface area contributed by atoms with Crippen molar-refractivity contribution in [3.8, 4) is 10.4 Å². The Kier molecular flexibility index (Phi) is 8.04.